The van der Waals surface area contributed by atoms with Crippen molar-refractivity contribution < 1.29 is 4.79 Å². The Hall–Kier alpha value is -0.880. The number of carbonyl (C=O) groups is 1. The van der Waals surface area contributed by atoms with Crippen molar-refractivity contribution >= 4 is 18.9 Å². The van der Waals surface area contributed by atoms with Gasteiger partial charge in [-0.1, -0.05) is 18.2 Å². The zero-order valence-electron chi connectivity index (χ0n) is 11.7. The lowest BCUT2D eigenvalue weighted by Crippen LogP contribution is -2.27. The molecule has 1 N–H and O–H groups in total. The standard InChI is InChI=1S/C14H22NOP/c1-10-8-7-9-11(2)13(10)15-14(16)12(3)17(4,5)6/h7-9,12H,1-6H3/p+1. The molecule has 3 heteroatoms. The number of carbonyl (C=O) groups excluding carboxylic acids is 1. The maximum Gasteiger partial charge on any atom is 0.264 e. The Morgan fingerprint density at radius 2 is 1.65 bits per heavy atom. The minimum absolute atomic E-state index is 0.0986. The predicted octanol–water partition coefficient (Wildman–Crippen LogP) is 3.54. The van der Waals surface area contributed by atoms with Crippen LogP contribution in [0.3, 0.4) is 0 Å². The molecule has 1 aromatic carbocycles. The summed E-state index contributed by atoms with van der Waals surface area (Å²) in [5.41, 5.74) is 3.31. The summed E-state index contributed by atoms with van der Waals surface area (Å²) in [6.45, 7) is 12.7. The number of amides is 1. The summed E-state index contributed by atoms with van der Waals surface area (Å²) in [7, 11) is -1.14. The molecule has 0 aromatic heterocycles. The highest BCUT2D eigenvalue weighted by Gasteiger charge is 2.33. The summed E-state index contributed by atoms with van der Waals surface area (Å²) in [5, 5.41) is 3.07. The molecule has 0 bridgehead atoms. The highest BCUT2D eigenvalue weighted by atomic mass is 31.2. The number of hydrogen-bond acceptors (Lipinski definition) is 1. The maximum absolute atomic E-state index is 12.2. The van der Waals surface area contributed by atoms with E-state index in [1.165, 1.54) is 0 Å². The number of para-hydroxylation sites is 1. The molecule has 0 radical (unpaired) electrons. The molecule has 1 atom stereocenters. The average Bonchev–Trinajstić information content (AvgIpc) is 2.21. The van der Waals surface area contributed by atoms with Crippen molar-refractivity contribution in [1.82, 2.24) is 0 Å². The molecule has 0 saturated heterocycles. The van der Waals surface area contributed by atoms with E-state index < -0.39 is 7.26 Å². The van der Waals surface area contributed by atoms with Gasteiger partial charge in [0.15, 0.2) is 0 Å². The van der Waals surface area contributed by atoms with Crippen LogP contribution in [0.4, 0.5) is 5.69 Å². The van der Waals surface area contributed by atoms with E-state index in [2.05, 4.69) is 25.3 Å². The lowest BCUT2D eigenvalue weighted by atomic mass is 10.1. The van der Waals surface area contributed by atoms with Crippen LogP contribution in [0.1, 0.15) is 18.1 Å². The maximum atomic E-state index is 12.2. The van der Waals surface area contributed by atoms with E-state index in [-0.39, 0.29) is 11.6 Å². The molecule has 2 nitrogen and oxygen atoms in total. The number of nitrogens with one attached hydrogen (secondary N) is 1. The molecule has 1 aromatic rings. The van der Waals surface area contributed by atoms with E-state index in [1.807, 2.05) is 39.0 Å². The van der Waals surface area contributed by atoms with Crippen LogP contribution in [0.25, 0.3) is 0 Å². The van der Waals surface area contributed by atoms with Gasteiger partial charge in [-0.05, 0) is 31.9 Å². The number of hydrogen-bond donors (Lipinski definition) is 1. The van der Waals surface area contributed by atoms with Crippen LogP contribution in [0.15, 0.2) is 18.2 Å². The zero-order chi connectivity index (χ0) is 13.2. The Morgan fingerprint density at radius 1 is 1.18 bits per heavy atom. The van der Waals surface area contributed by atoms with Gasteiger partial charge in [-0.2, -0.15) is 0 Å². The van der Waals surface area contributed by atoms with Gasteiger partial charge in [0.25, 0.3) is 5.91 Å². The summed E-state index contributed by atoms with van der Waals surface area (Å²) < 4.78 is 0. The smallest absolute Gasteiger partial charge is 0.264 e. The van der Waals surface area contributed by atoms with E-state index in [9.17, 15) is 4.79 Å². The highest BCUT2D eigenvalue weighted by Crippen LogP contribution is 2.52. The summed E-state index contributed by atoms with van der Waals surface area (Å²) in [5.74, 6) is 0.142. The van der Waals surface area contributed by atoms with Gasteiger partial charge in [-0.3, -0.25) is 4.79 Å². The van der Waals surface area contributed by atoms with Gasteiger partial charge in [0, 0.05) is 32.9 Å². The summed E-state index contributed by atoms with van der Waals surface area (Å²) in [4.78, 5) is 12.2. The van der Waals surface area contributed by atoms with Gasteiger partial charge >= 0.3 is 0 Å². The van der Waals surface area contributed by atoms with Gasteiger partial charge < -0.3 is 5.32 Å². The predicted molar refractivity (Wildman–Crippen MR) is 78.7 cm³/mol. The van der Waals surface area contributed by atoms with Crippen LogP contribution in [-0.4, -0.2) is 31.6 Å². The second-order valence-corrected chi connectivity index (χ2v) is 10.6. The van der Waals surface area contributed by atoms with Gasteiger partial charge in [0.2, 0.25) is 0 Å². The van der Waals surface area contributed by atoms with Crippen LogP contribution in [0.2, 0.25) is 0 Å². The first-order valence-electron chi connectivity index (χ1n) is 5.91. The fourth-order valence-electron chi connectivity index (χ4n) is 1.59. The molecule has 0 heterocycles. The molecule has 0 spiro atoms. The minimum atomic E-state index is -1.14. The van der Waals surface area contributed by atoms with Crippen LogP contribution in [0.5, 0.6) is 0 Å². The normalized spacial score (nSPS) is 13.3. The summed E-state index contributed by atoms with van der Waals surface area (Å²) in [6.07, 6.45) is 0. The van der Waals surface area contributed by atoms with Gasteiger partial charge in [-0.15, -0.1) is 0 Å². The molecule has 94 valence electrons. The SMILES string of the molecule is Cc1cccc(C)c1NC(=O)C(C)[P+](C)(C)C. The monoisotopic (exact) mass is 252 g/mol. The molecule has 0 aliphatic rings. The van der Waals surface area contributed by atoms with Crippen LogP contribution in [0, 0.1) is 13.8 Å². The zero-order valence-corrected chi connectivity index (χ0v) is 12.6. The van der Waals surface area contributed by atoms with Gasteiger partial charge in [0.05, 0.1) is 0 Å². The average molecular weight is 252 g/mol. The molecule has 0 aliphatic carbocycles. The molecule has 1 unspecified atom stereocenters. The highest BCUT2D eigenvalue weighted by molar-refractivity contribution is 7.75. The molecule has 0 aliphatic heterocycles. The first-order valence-corrected chi connectivity index (χ1v) is 9.11. The second-order valence-electron chi connectivity index (χ2n) is 5.55. The Labute approximate surface area is 105 Å². The molecule has 17 heavy (non-hydrogen) atoms. The Kier molecular flexibility index (Phi) is 4.32. The Morgan fingerprint density at radius 3 is 2.06 bits per heavy atom. The number of rotatable bonds is 3. The largest absolute Gasteiger partial charge is 0.322 e. The summed E-state index contributed by atoms with van der Waals surface area (Å²) >= 11 is 0. The van der Waals surface area contributed by atoms with Crippen molar-refractivity contribution in [2.24, 2.45) is 0 Å². The van der Waals surface area contributed by atoms with E-state index in [4.69, 9.17) is 0 Å². The third kappa shape index (κ3) is 3.54. The van der Waals surface area contributed by atoms with Crippen molar-refractivity contribution in [2.45, 2.75) is 26.4 Å². The minimum Gasteiger partial charge on any atom is -0.322 e. The van der Waals surface area contributed by atoms with Crippen molar-refractivity contribution in [3.63, 3.8) is 0 Å². The van der Waals surface area contributed by atoms with Gasteiger partial charge in [-0.25, -0.2) is 0 Å². The van der Waals surface area contributed by atoms with Gasteiger partial charge in [0.1, 0.15) is 5.66 Å². The fraction of sp³-hybridized carbons (Fsp3) is 0.500. The number of benzene rings is 1. The quantitative estimate of drug-likeness (QED) is 0.819. The Bertz CT molecular complexity index is 400. The fourth-order valence-corrected chi connectivity index (χ4v) is 2.36. The molecule has 1 rings (SSSR count). The Balaban J connectivity index is 2.89. The first-order chi connectivity index (χ1) is 7.73. The number of anilines is 1. The van der Waals surface area contributed by atoms with E-state index in [0.29, 0.717) is 0 Å². The van der Waals surface area contributed by atoms with E-state index in [0.717, 1.165) is 16.8 Å². The first kappa shape index (κ1) is 14.2. The summed E-state index contributed by atoms with van der Waals surface area (Å²) in [6, 6.07) is 6.07. The molecule has 0 fully saturated rings. The number of aryl methyl sites for hydroxylation is 2. The lowest BCUT2D eigenvalue weighted by molar-refractivity contribution is -0.115. The van der Waals surface area contributed by atoms with Crippen molar-refractivity contribution in [2.75, 3.05) is 25.3 Å². The van der Waals surface area contributed by atoms with Crippen LogP contribution in [-0.2, 0) is 4.79 Å². The third-order valence-corrected chi connectivity index (χ3v) is 5.83. The molecule has 0 saturated carbocycles. The third-order valence-electron chi connectivity index (χ3n) is 3.27. The van der Waals surface area contributed by atoms with Crippen LogP contribution >= 0.6 is 7.26 Å². The molecule has 1 amide bonds. The van der Waals surface area contributed by atoms with E-state index >= 15 is 0 Å². The molecular formula is C14H23NOP+. The molecular weight excluding hydrogens is 229 g/mol. The van der Waals surface area contributed by atoms with Crippen LogP contribution < -0.4 is 5.32 Å². The van der Waals surface area contributed by atoms with E-state index in [1.54, 1.807) is 0 Å². The topological polar surface area (TPSA) is 29.1 Å². The second kappa shape index (κ2) is 5.18. The van der Waals surface area contributed by atoms with Crippen molar-refractivity contribution in [1.29, 1.82) is 0 Å². The van der Waals surface area contributed by atoms with Crippen molar-refractivity contribution in [3.05, 3.63) is 29.3 Å². The lowest BCUT2D eigenvalue weighted by Gasteiger charge is -2.21. The van der Waals surface area contributed by atoms with Crippen molar-refractivity contribution in [3.8, 4) is 0 Å².